The first-order valence-corrected chi connectivity index (χ1v) is 18.4. The van der Waals surface area contributed by atoms with Crippen LogP contribution in [0.3, 0.4) is 0 Å². The Morgan fingerprint density at radius 3 is 2.40 bits per heavy atom. The molecule has 274 valence electrons. The minimum absolute atomic E-state index is 0.250. The first kappa shape index (κ1) is 35.9. The number of likely N-dealkylation sites (tertiary alicyclic amines) is 2. The van der Waals surface area contributed by atoms with E-state index in [-0.39, 0.29) is 6.09 Å². The average molecular weight is 728 g/mol. The van der Waals surface area contributed by atoms with E-state index < -0.39 is 17.7 Å². The molecule has 2 aliphatic rings. The monoisotopic (exact) mass is 727 g/mol. The summed E-state index contributed by atoms with van der Waals surface area (Å²) in [5, 5.41) is 17.2. The highest BCUT2D eigenvalue weighted by molar-refractivity contribution is 6.30. The van der Waals surface area contributed by atoms with E-state index in [1.165, 1.54) is 7.11 Å². The van der Waals surface area contributed by atoms with E-state index in [0.717, 1.165) is 78.7 Å². The Labute approximate surface area is 308 Å². The quantitative estimate of drug-likeness (QED) is 0.168. The molecule has 0 unspecified atom stereocenters. The first-order chi connectivity index (χ1) is 24.8. The number of carboxylic acids is 1. The molecule has 0 radical (unpaired) electrons. The molecule has 52 heavy (non-hydrogen) atoms. The molecule has 2 aromatic heterocycles. The summed E-state index contributed by atoms with van der Waals surface area (Å²) in [6, 6.07) is 15.7. The highest BCUT2D eigenvalue weighted by Crippen LogP contribution is 2.43. The Kier molecular flexibility index (Phi) is 9.79. The molecule has 3 aromatic carbocycles. The highest BCUT2D eigenvalue weighted by Gasteiger charge is 2.35. The van der Waals surface area contributed by atoms with Crippen LogP contribution in [0.15, 0.2) is 52.9 Å². The molecule has 11 nitrogen and oxygen atoms in total. The van der Waals surface area contributed by atoms with Crippen molar-refractivity contribution in [2.75, 3.05) is 33.3 Å². The molecule has 2 saturated heterocycles. The molecule has 2 fully saturated rings. The number of aryl methyl sites for hydroxylation is 2. The molecule has 2 atom stereocenters. The molecule has 4 heterocycles. The number of methoxy groups -OCH3 is 1. The Morgan fingerprint density at radius 1 is 1.04 bits per heavy atom. The third-order valence-corrected chi connectivity index (χ3v) is 10.6. The van der Waals surface area contributed by atoms with Crippen LogP contribution in [-0.2, 0) is 20.8 Å². The number of aliphatic carboxylic acids is 1. The van der Waals surface area contributed by atoms with E-state index in [2.05, 4.69) is 28.6 Å². The number of amides is 1. The number of carboxylic acid groups (broad SMARTS) is 1. The largest absolute Gasteiger partial charge is 0.479 e. The standard InChI is InChI=1S/C40H46ClN5O6/c1-7-46-31-13-10-26(21-29(31)34(43-46)25-14-17-44(18-15-25)28-16-19-45(22-28)39(49)50-6)37-42-30-20-23(2)32(36(38(47)48)52-40(3,4)5)33(35(30)51-37)24-8-11-27(41)12-9-24/h8-13,20-21,25,28,36H,7,14-19,22H2,1-6H3,(H,47,48)/t28-,36+/m1/s1. The van der Waals surface area contributed by atoms with Crippen molar-refractivity contribution in [1.29, 1.82) is 0 Å². The molecule has 1 amide bonds. The van der Waals surface area contributed by atoms with Gasteiger partial charge in [0.15, 0.2) is 11.7 Å². The van der Waals surface area contributed by atoms with E-state index in [4.69, 9.17) is 35.6 Å². The summed E-state index contributed by atoms with van der Waals surface area (Å²) in [5.74, 6) is -0.356. The minimum Gasteiger partial charge on any atom is -0.479 e. The van der Waals surface area contributed by atoms with E-state index in [9.17, 15) is 14.7 Å². The molecule has 0 spiro atoms. The summed E-state index contributed by atoms with van der Waals surface area (Å²) < 4.78 is 19.8. The number of aromatic nitrogens is 3. The van der Waals surface area contributed by atoms with Crippen molar-refractivity contribution < 1.29 is 28.6 Å². The second-order valence-electron chi connectivity index (χ2n) is 14.9. The van der Waals surface area contributed by atoms with Gasteiger partial charge < -0.3 is 23.9 Å². The molecule has 0 saturated carbocycles. The number of hydrogen-bond donors (Lipinski definition) is 1. The fraction of sp³-hybridized carbons (Fsp3) is 0.450. The summed E-state index contributed by atoms with van der Waals surface area (Å²) in [7, 11) is 1.44. The lowest BCUT2D eigenvalue weighted by atomic mass is 9.90. The van der Waals surface area contributed by atoms with Gasteiger partial charge in [-0.1, -0.05) is 23.7 Å². The van der Waals surface area contributed by atoms with E-state index in [0.29, 0.717) is 51.6 Å². The number of hydrogen-bond acceptors (Lipinski definition) is 8. The van der Waals surface area contributed by atoms with E-state index in [1.54, 1.807) is 17.0 Å². The number of oxazole rings is 1. The van der Waals surface area contributed by atoms with Crippen molar-refractivity contribution in [3.63, 3.8) is 0 Å². The molecule has 5 aromatic rings. The predicted octanol–water partition coefficient (Wildman–Crippen LogP) is 8.45. The lowest BCUT2D eigenvalue weighted by molar-refractivity contribution is -0.160. The molecule has 7 rings (SSSR count). The van der Waals surface area contributed by atoms with Gasteiger partial charge in [-0.15, -0.1) is 0 Å². The van der Waals surface area contributed by atoms with Gasteiger partial charge in [-0.05, 0) is 114 Å². The van der Waals surface area contributed by atoms with Crippen molar-refractivity contribution in [2.24, 2.45) is 0 Å². The zero-order valence-electron chi connectivity index (χ0n) is 30.6. The maximum Gasteiger partial charge on any atom is 0.409 e. The van der Waals surface area contributed by atoms with Gasteiger partial charge in [-0.25, -0.2) is 14.6 Å². The maximum absolute atomic E-state index is 12.8. The summed E-state index contributed by atoms with van der Waals surface area (Å²) >= 11 is 6.28. The number of piperidine rings is 1. The maximum atomic E-state index is 12.8. The number of carbonyl (C=O) groups excluding carboxylic acids is 1. The SMILES string of the molecule is CCn1nc(C2CCN([C@@H]3CCN(C(=O)OC)C3)CC2)c2cc(-c3nc4cc(C)c([C@H](OC(C)(C)C)C(=O)O)c(-c5ccc(Cl)cc5)c4o3)ccc21. The second-order valence-corrected chi connectivity index (χ2v) is 15.3. The van der Waals surface area contributed by atoms with Crippen LogP contribution in [0.25, 0.3) is 44.6 Å². The van der Waals surface area contributed by atoms with Crippen molar-refractivity contribution in [2.45, 2.75) is 84.1 Å². The lowest BCUT2D eigenvalue weighted by Crippen LogP contribution is -2.43. The summed E-state index contributed by atoms with van der Waals surface area (Å²) in [6.07, 6.45) is 1.42. The normalized spacial score (nSPS) is 18.1. The molecule has 0 aliphatic carbocycles. The van der Waals surface area contributed by atoms with Crippen LogP contribution >= 0.6 is 11.6 Å². The summed E-state index contributed by atoms with van der Waals surface area (Å²) in [4.78, 5) is 34.1. The Balaban J connectivity index is 1.26. The van der Waals surface area contributed by atoms with Crippen LogP contribution in [0.2, 0.25) is 5.02 Å². The van der Waals surface area contributed by atoms with Crippen molar-refractivity contribution in [3.05, 3.63) is 70.4 Å². The van der Waals surface area contributed by atoms with Crippen LogP contribution in [0, 0.1) is 6.92 Å². The topological polar surface area (TPSA) is 123 Å². The molecule has 12 heteroatoms. The third-order valence-electron chi connectivity index (χ3n) is 10.4. The average Bonchev–Trinajstić information content (AvgIpc) is 3.87. The van der Waals surface area contributed by atoms with Crippen LogP contribution in [-0.4, -0.2) is 86.7 Å². The fourth-order valence-corrected chi connectivity index (χ4v) is 8.04. The van der Waals surface area contributed by atoms with Crippen LogP contribution in [0.4, 0.5) is 4.79 Å². The number of fused-ring (bicyclic) bond motifs is 2. The fourth-order valence-electron chi connectivity index (χ4n) is 7.91. The molecule has 2 aliphatic heterocycles. The van der Waals surface area contributed by atoms with Crippen molar-refractivity contribution in [1.82, 2.24) is 24.6 Å². The van der Waals surface area contributed by atoms with Gasteiger partial charge in [0.25, 0.3) is 0 Å². The van der Waals surface area contributed by atoms with Crippen LogP contribution < -0.4 is 0 Å². The minimum atomic E-state index is -1.24. The smallest absolute Gasteiger partial charge is 0.409 e. The Hall–Kier alpha value is -4.45. The molecule has 1 N–H and O–H groups in total. The van der Waals surface area contributed by atoms with Crippen molar-refractivity contribution >= 4 is 45.7 Å². The Bertz CT molecular complexity index is 2130. The number of nitrogens with zero attached hydrogens (tertiary/aromatic N) is 5. The van der Waals surface area contributed by atoms with Crippen molar-refractivity contribution in [3.8, 4) is 22.6 Å². The number of ether oxygens (including phenoxy) is 2. The van der Waals surface area contributed by atoms with Crippen LogP contribution in [0.5, 0.6) is 0 Å². The van der Waals surface area contributed by atoms with Gasteiger partial charge >= 0.3 is 12.1 Å². The van der Waals surface area contributed by atoms with E-state index in [1.807, 2.05) is 52.0 Å². The number of rotatable bonds is 8. The molecular formula is C40H46ClN5O6. The first-order valence-electron chi connectivity index (χ1n) is 18.0. The molecule has 0 bridgehead atoms. The number of halogens is 1. The van der Waals surface area contributed by atoms with E-state index >= 15 is 0 Å². The third kappa shape index (κ3) is 6.89. The second kappa shape index (κ2) is 14.2. The summed E-state index contributed by atoms with van der Waals surface area (Å²) in [6.45, 7) is 13.6. The Morgan fingerprint density at radius 2 is 1.75 bits per heavy atom. The van der Waals surface area contributed by atoms with Crippen LogP contribution in [0.1, 0.15) is 75.8 Å². The summed E-state index contributed by atoms with van der Waals surface area (Å²) in [5.41, 5.74) is 5.97. The highest BCUT2D eigenvalue weighted by atomic mass is 35.5. The zero-order chi connectivity index (χ0) is 36.9. The zero-order valence-corrected chi connectivity index (χ0v) is 31.4. The number of benzene rings is 3. The van der Waals surface area contributed by atoms with Gasteiger partial charge in [0.05, 0.1) is 23.9 Å². The van der Waals surface area contributed by atoms with Gasteiger partial charge in [0, 0.05) is 58.7 Å². The predicted molar refractivity (Wildman–Crippen MR) is 201 cm³/mol. The van der Waals surface area contributed by atoms with Gasteiger partial charge in [0.1, 0.15) is 5.52 Å². The lowest BCUT2D eigenvalue weighted by Gasteiger charge is -2.35. The van der Waals surface area contributed by atoms with Gasteiger partial charge in [-0.2, -0.15) is 5.10 Å². The van der Waals surface area contributed by atoms with Gasteiger partial charge in [-0.3, -0.25) is 9.58 Å². The van der Waals surface area contributed by atoms with Gasteiger partial charge in [0.2, 0.25) is 5.89 Å². The molecular weight excluding hydrogens is 682 g/mol. The number of carbonyl (C=O) groups is 2.